The van der Waals surface area contributed by atoms with E-state index in [2.05, 4.69) is 37.6 Å². The topological polar surface area (TPSA) is 116 Å². The minimum Gasteiger partial charge on any atom is -0.508 e. The number of alkyl halides is 1. The summed E-state index contributed by atoms with van der Waals surface area (Å²) >= 11 is 0. The number of likely N-dealkylation sites (N-methyl/N-ethyl adjacent to an activating group) is 1. The van der Waals surface area contributed by atoms with Crippen molar-refractivity contribution in [2.24, 2.45) is 0 Å². The maximum Gasteiger partial charge on any atom is 0.319 e. The van der Waals surface area contributed by atoms with Crippen LogP contribution >= 0.6 is 0 Å². The van der Waals surface area contributed by atoms with Crippen molar-refractivity contribution in [2.75, 3.05) is 58.4 Å². The van der Waals surface area contributed by atoms with Crippen LogP contribution in [0.15, 0.2) is 43.1 Å². The van der Waals surface area contributed by atoms with Gasteiger partial charge in [-0.25, -0.2) is 13.2 Å². The van der Waals surface area contributed by atoms with Gasteiger partial charge in [-0.3, -0.25) is 14.7 Å². The molecule has 0 bridgehead atoms. The molecular weight excluding hydrogens is 760 g/mol. The highest BCUT2D eigenvalue weighted by Crippen LogP contribution is 2.41. The van der Waals surface area contributed by atoms with Crippen molar-refractivity contribution in [3.8, 4) is 35.4 Å². The van der Waals surface area contributed by atoms with Crippen molar-refractivity contribution in [1.29, 1.82) is 0 Å². The molecule has 2 aromatic heterocycles. The second-order valence-corrected chi connectivity index (χ2v) is 16.9. The second kappa shape index (κ2) is 16.6. The fourth-order valence-corrected chi connectivity index (χ4v) is 10.1. The Morgan fingerprint density at radius 1 is 1.15 bits per heavy atom. The minimum absolute atomic E-state index is 0.0562. The highest BCUT2D eigenvalue weighted by molar-refractivity contribution is 6.03. The quantitative estimate of drug-likeness (QED) is 0.121. The van der Waals surface area contributed by atoms with Crippen molar-refractivity contribution in [2.45, 2.75) is 94.0 Å². The number of nitrogens with zero attached hydrogens (tertiary/aromatic N) is 6. The van der Waals surface area contributed by atoms with E-state index in [4.69, 9.17) is 20.9 Å². The predicted octanol–water partition coefficient (Wildman–Crippen LogP) is 7.00. The number of likely N-dealkylation sites (tertiary alicyclic amines) is 2. The number of rotatable bonds is 11. The molecule has 59 heavy (non-hydrogen) atoms. The summed E-state index contributed by atoms with van der Waals surface area (Å²) in [6.45, 7) is 9.80. The third-order valence-electron chi connectivity index (χ3n) is 13.4. The lowest BCUT2D eigenvalue weighted by molar-refractivity contribution is -0.129. The number of benzene rings is 2. The molecule has 4 aromatic rings. The van der Waals surface area contributed by atoms with Gasteiger partial charge in [-0.15, -0.1) is 6.42 Å². The maximum atomic E-state index is 17.2. The lowest BCUT2D eigenvalue weighted by Crippen LogP contribution is -2.55. The number of halogens is 3. The van der Waals surface area contributed by atoms with E-state index in [9.17, 15) is 9.90 Å². The molecule has 8 rings (SSSR count). The minimum atomic E-state index is -1.04. The number of piperidine rings is 1. The summed E-state index contributed by atoms with van der Waals surface area (Å²) in [4.78, 5) is 33.2. The van der Waals surface area contributed by atoms with Crippen molar-refractivity contribution >= 4 is 33.4 Å². The number of carbonyl (C=O) groups is 1. The standard InChI is InChI=1S/C45H52F3N7O4/c1-5-33-36(47)10-9-28-21-32(56)22-34(38(28)33)40-39(48)41-35(24-49-40)42(50-26-45(15-7-8-16-45)53(4)37(57)6-2)52-43(51-41)59-27-44(3)23-29(46)25-55(44)31-11-17-54(18-12-31)30-13-19-58-20-14-30/h1,6,9-10,21-22,24,29-31,56H,2,7-8,11-20,23,25-27H2,3-4H3,(H,50,51,52)/t29-,44+/m1/s1. The van der Waals surface area contributed by atoms with E-state index in [1.807, 2.05) is 6.92 Å². The third-order valence-corrected chi connectivity index (χ3v) is 13.4. The first-order valence-electron chi connectivity index (χ1n) is 20.7. The molecule has 14 heteroatoms. The average molecular weight is 812 g/mol. The Balaban J connectivity index is 1.14. The molecule has 4 fully saturated rings. The molecule has 2 atom stereocenters. The highest BCUT2D eigenvalue weighted by Gasteiger charge is 2.47. The van der Waals surface area contributed by atoms with Crippen LogP contribution in [-0.2, 0) is 9.53 Å². The number of aromatic nitrogens is 3. The lowest BCUT2D eigenvalue weighted by Gasteiger charge is -2.45. The fraction of sp³-hybridized carbons (Fsp3) is 0.511. The first-order chi connectivity index (χ1) is 28.4. The number of phenolic OH excluding ortho intramolecular Hbond substituents is 1. The van der Waals surface area contributed by atoms with Crippen LogP contribution in [0.4, 0.5) is 19.0 Å². The molecule has 1 amide bonds. The van der Waals surface area contributed by atoms with E-state index < -0.39 is 28.9 Å². The van der Waals surface area contributed by atoms with Crippen LogP contribution in [0.5, 0.6) is 11.8 Å². The van der Waals surface area contributed by atoms with Gasteiger partial charge in [-0.2, -0.15) is 9.97 Å². The van der Waals surface area contributed by atoms with Crippen molar-refractivity contribution in [1.82, 2.24) is 29.7 Å². The molecule has 0 radical (unpaired) electrons. The molecule has 0 spiro atoms. The molecule has 3 saturated heterocycles. The molecular formula is C45H52F3N7O4. The number of pyridine rings is 1. The summed E-state index contributed by atoms with van der Waals surface area (Å²) in [5.74, 6) is 0.678. The molecule has 2 aromatic carbocycles. The summed E-state index contributed by atoms with van der Waals surface area (Å²) in [6.07, 6.45) is 14.9. The van der Waals surface area contributed by atoms with Crippen LogP contribution in [0.2, 0.25) is 0 Å². The van der Waals surface area contributed by atoms with E-state index in [0.29, 0.717) is 24.5 Å². The van der Waals surface area contributed by atoms with Gasteiger partial charge in [0.15, 0.2) is 5.82 Å². The van der Waals surface area contributed by atoms with E-state index in [0.717, 1.165) is 77.7 Å². The smallest absolute Gasteiger partial charge is 0.319 e. The SMILES string of the molecule is C#Cc1c(F)ccc2cc(O)cc(-c3ncc4c(NCC5(N(C)C(=O)C=C)CCCC5)nc(OC[C@]5(C)C[C@@H](F)CN5C5CCN(C6CCOCC6)CC5)nc4c3F)c12. The number of fused-ring (bicyclic) bond motifs is 2. The molecule has 1 saturated carbocycles. The van der Waals surface area contributed by atoms with E-state index in [1.54, 1.807) is 11.9 Å². The van der Waals surface area contributed by atoms with E-state index in [1.165, 1.54) is 36.5 Å². The molecule has 5 heterocycles. The van der Waals surface area contributed by atoms with Crippen LogP contribution in [-0.4, -0.2) is 123 Å². The normalized spacial score (nSPS) is 23.1. The van der Waals surface area contributed by atoms with Crippen LogP contribution in [0.25, 0.3) is 32.9 Å². The number of phenols is 1. The van der Waals surface area contributed by atoms with Gasteiger partial charge in [-0.1, -0.05) is 31.4 Å². The number of anilines is 1. The Hall–Kier alpha value is -4.97. The summed E-state index contributed by atoms with van der Waals surface area (Å²) in [5, 5.41) is 14.9. The van der Waals surface area contributed by atoms with Crippen molar-refractivity contribution in [3.63, 3.8) is 0 Å². The van der Waals surface area contributed by atoms with Gasteiger partial charge in [0.1, 0.15) is 41.4 Å². The maximum absolute atomic E-state index is 17.2. The van der Waals surface area contributed by atoms with Gasteiger partial charge in [0.25, 0.3) is 0 Å². The van der Waals surface area contributed by atoms with E-state index >= 15 is 13.2 Å². The van der Waals surface area contributed by atoms with Gasteiger partial charge in [0.05, 0.1) is 22.0 Å². The third kappa shape index (κ3) is 7.80. The number of ether oxygens (including phenoxy) is 2. The predicted molar refractivity (Wildman–Crippen MR) is 221 cm³/mol. The zero-order valence-corrected chi connectivity index (χ0v) is 33.8. The zero-order valence-electron chi connectivity index (χ0n) is 33.8. The number of hydrogen-bond donors (Lipinski definition) is 2. The Morgan fingerprint density at radius 3 is 2.61 bits per heavy atom. The Morgan fingerprint density at radius 2 is 1.90 bits per heavy atom. The molecule has 3 aliphatic heterocycles. The van der Waals surface area contributed by atoms with Gasteiger partial charge in [-0.05, 0) is 88.2 Å². The summed E-state index contributed by atoms with van der Waals surface area (Å²) in [7, 11) is 1.75. The number of hydrogen-bond acceptors (Lipinski definition) is 10. The largest absolute Gasteiger partial charge is 0.508 e. The number of terminal acetylenes is 1. The number of carbonyl (C=O) groups excluding carboxylic acids is 1. The molecule has 1 aliphatic carbocycles. The highest BCUT2D eigenvalue weighted by atomic mass is 19.1. The van der Waals surface area contributed by atoms with Crippen LogP contribution < -0.4 is 10.1 Å². The van der Waals surface area contributed by atoms with Crippen LogP contribution in [0, 0.1) is 24.0 Å². The van der Waals surface area contributed by atoms with Gasteiger partial charge >= 0.3 is 6.01 Å². The van der Waals surface area contributed by atoms with Crippen molar-refractivity contribution < 1.29 is 32.5 Å². The Kier molecular flexibility index (Phi) is 11.5. The van der Waals surface area contributed by atoms with Crippen LogP contribution in [0.1, 0.15) is 70.3 Å². The number of nitrogens with one attached hydrogen (secondary N) is 1. The monoisotopic (exact) mass is 811 g/mol. The zero-order chi connectivity index (χ0) is 41.5. The summed E-state index contributed by atoms with van der Waals surface area (Å²) in [6, 6.07) is 5.95. The lowest BCUT2D eigenvalue weighted by atomic mass is 9.93. The molecule has 11 nitrogen and oxygen atoms in total. The van der Waals surface area contributed by atoms with E-state index in [-0.39, 0.29) is 75.7 Å². The Bertz CT molecular complexity index is 2280. The van der Waals surface area contributed by atoms with Gasteiger partial charge in [0.2, 0.25) is 5.91 Å². The average Bonchev–Trinajstić information content (AvgIpc) is 3.86. The number of aromatic hydroxyl groups is 1. The first-order valence-corrected chi connectivity index (χ1v) is 20.7. The molecule has 2 N–H and O–H groups in total. The van der Waals surface area contributed by atoms with Gasteiger partial charge < -0.3 is 29.7 Å². The summed E-state index contributed by atoms with van der Waals surface area (Å²) < 4.78 is 59.5. The molecule has 0 unspecified atom stereocenters. The molecule has 312 valence electrons. The van der Waals surface area contributed by atoms with Crippen molar-refractivity contribution in [3.05, 3.63) is 60.3 Å². The summed E-state index contributed by atoms with van der Waals surface area (Å²) in [5.41, 5.74) is -1.59. The Labute approximate surface area is 343 Å². The second-order valence-electron chi connectivity index (χ2n) is 16.9. The fourth-order valence-electron chi connectivity index (χ4n) is 10.1. The molecule has 4 aliphatic rings. The number of amides is 1. The van der Waals surface area contributed by atoms with Gasteiger partial charge in [0, 0.05) is 69.0 Å². The first kappa shape index (κ1) is 40.8. The van der Waals surface area contributed by atoms with Crippen LogP contribution in [0.3, 0.4) is 0 Å².